The van der Waals surface area contributed by atoms with E-state index in [0.717, 1.165) is 0 Å². The van der Waals surface area contributed by atoms with Crippen LogP contribution in [-0.4, -0.2) is 15.3 Å². The lowest BCUT2D eigenvalue weighted by atomic mass is 10.0. The number of hydrogen-bond donors (Lipinski definition) is 3. The zero-order valence-electron chi connectivity index (χ0n) is 7.73. The summed E-state index contributed by atoms with van der Waals surface area (Å²) < 4.78 is 0. The number of aliphatic hydroxyl groups is 2. The molecule has 0 aromatic heterocycles. The molecule has 3 heteroatoms. The van der Waals surface area contributed by atoms with Gasteiger partial charge in [0.05, 0.1) is 12.2 Å². The van der Waals surface area contributed by atoms with Crippen molar-refractivity contribution in [2.24, 2.45) is 0 Å². The van der Waals surface area contributed by atoms with Crippen molar-refractivity contribution in [3.8, 4) is 5.75 Å². The maximum atomic E-state index is 9.35. The van der Waals surface area contributed by atoms with E-state index in [9.17, 15) is 15.3 Å². The van der Waals surface area contributed by atoms with E-state index in [1.165, 1.54) is 6.07 Å². The van der Waals surface area contributed by atoms with Gasteiger partial charge in [0, 0.05) is 5.56 Å². The fraction of sp³-hybridized carbons (Fsp3) is 0.400. The van der Waals surface area contributed by atoms with Gasteiger partial charge in [-0.3, -0.25) is 0 Å². The third-order valence-corrected chi connectivity index (χ3v) is 1.98. The van der Waals surface area contributed by atoms with Gasteiger partial charge in [-0.2, -0.15) is 0 Å². The van der Waals surface area contributed by atoms with Crippen LogP contribution in [0.25, 0.3) is 0 Å². The number of aromatic hydroxyl groups is 1. The zero-order valence-corrected chi connectivity index (χ0v) is 7.73. The minimum absolute atomic E-state index is 0.0550. The molecule has 2 atom stereocenters. The van der Waals surface area contributed by atoms with Crippen LogP contribution >= 0.6 is 0 Å². The van der Waals surface area contributed by atoms with Gasteiger partial charge in [0.25, 0.3) is 0 Å². The molecule has 0 saturated heterocycles. The Hall–Kier alpha value is -1.06. The highest BCUT2D eigenvalue weighted by atomic mass is 16.3. The van der Waals surface area contributed by atoms with Crippen LogP contribution in [0, 0.1) is 0 Å². The van der Waals surface area contributed by atoms with E-state index in [-0.39, 0.29) is 5.75 Å². The summed E-state index contributed by atoms with van der Waals surface area (Å²) in [4.78, 5) is 0. The molecule has 3 N–H and O–H groups in total. The molecule has 0 saturated carbocycles. The smallest absolute Gasteiger partial charge is 0.121 e. The summed E-state index contributed by atoms with van der Waals surface area (Å²) in [6.45, 7) is 3.21. The third-order valence-electron chi connectivity index (χ3n) is 1.98. The first-order valence-corrected chi connectivity index (χ1v) is 4.21. The predicted molar refractivity (Wildman–Crippen MR) is 49.4 cm³/mol. The summed E-state index contributed by atoms with van der Waals surface area (Å²) in [7, 11) is 0. The zero-order chi connectivity index (χ0) is 10.0. The Kier molecular flexibility index (Phi) is 2.90. The first-order chi connectivity index (χ1) is 6.02. The van der Waals surface area contributed by atoms with Gasteiger partial charge < -0.3 is 15.3 Å². The van der Waals surface area contributed by atoms with E-state index in [1.54, 1.807) is 26.0 Å². The quantitative estimate of drug-likeness (QED) is 0.649. The molecule has 3 nitrogen and oxygen atoms in total. The second-order valence-electron chi connectivity index (χ2n) is 3.17. The van der Waals surface area contributed by atoms with Crippen molar-refractivity contribution in [1.29, 1.82) is 0 Å². The van der Waals surface area contributed by atoms with Crippen LogP contribution < -0.4 is 0 Å². The summed E-state index contributed by atoms with van der Waals surface area (Å²) in [6.07, 6.45) is -1.31. The molecule has 13 heavy (non-hydrogen) atoms. The molecule has 72 valence electrons. The SMILES string of the molecule is CC(O)c1ccc(O)c(C(C)O)c1. The minimum Gasteiger partial charge on any atom is -0.508 e. The highest BCUT2D eigenvalue weighted by Gasteiger charge is 2.09. The molecule has 0 amide bonds. The standard InChI is InChI=1S/C10H14O3/c1-6(11)8-3-4-10(13)9(5-8)7(2)12/h3-7,11-13H,1-2H3. The van der Waals surface area contributed by atoms with Crippen molar-refractivity contribution in [2.75, 3.05) is 0 Å². The van der Waals surface area contributed by atoms with Crippen molar-refractivity contribution in [3.63, 3.8) is 0 Å². The Labute approximate surface area is 77.3 Å². The molecule has 1 aromatic carbocycles. The molecular formula is C10H14O3. The molecule has 0 fully saturated rings. The second-order valence-corrected chi connectivity index (χ2v) is 3.17. The number of rotatable bonds is 2. The molecule has 2 unspecified atom stereocenters. The molecule has 0 radical (unpaired) electrons. The Morgan fingerprint density at radius 3 is 2.15 bits per heavy atom. The van der Waals surface area contributed by atoms with Crippen molar-refractivity contribution >= 4 is 0 Å². The third kappa shape index (κ3) is 2.20. The summed E-state index contributed by atoms with van der Waals surface area (Å²) in [6, 6.07) is 4.71. The Morgan fingerprint density at radius 2 is 1.69 bits per heavy atom. The maximum Gasteiger partial charge on any atom is 0.121 e. The summed E-state index contributed by atoms with van der Waals surface area (Å²) in [5.41, 5.74) is 1.13. The van der Waals surface area contributed by atoms with E-state index in [4.69, 9.17) is 0 Å². The predicted octanol–water partition coefficient (Wildman–Crippen LogP) is 1.50. The first kappa shape index (κ1) is 10.0. The number of phenols is 1. The van der Waals surface area contributed by atoms with E-state index in [0.29, 0.717) is 11.1 Å². The normalized spacial score (nSPS) is 15.4. The fourth-order valence-corrected chi connectivity index (χ4v) is 1.17. The minimum atomic E-state index is -0.723. The maximum absolute atomic E-state index is 9.35. The van der Waals surface area contributed by atoms with Crippen LogP contribution in [0.5, 0.6) is 5.75 Å². The summed E-state index contributed by atoms with van der Waals surface area (Å²) in [5.74, 6) is 0.0550. The van der Waals surface area contributed by atoms with Crippen LogP contribution in [0.1, 0.15) is 37.2 Å². The van der Waals surface area contributed by atoms with E-state index >= 15 is 0 Å². The Bertz CT molecular complexity index is 292. The van der Waals surface area contributed by atoms with E-state index < -0.39 is 12.2 Å². The lowest BCUT2D eigenvalue weighted by Gasteiger charge is -2.11. The molecule has 0 aliphatic rings. The molecule has 0 bridgehead atoms. The molecule has 1 rings (SSSR count). The van der Waals surface area contributed by atoms with Crippen molar-refractivity contribution in [1.82, 2.24) is 0 Å². The number of phenolic OH excluding ortho intramolecular Hbond substituents is 1. The van der Waals surface area contributed by atoms with Gasteiger partial charge in [-0.15, -0.1) is 0 Å². The van der Waals surface area contributed by atoms with Crippen LogP contribution in [0.3, 0.4) is 0 Å². The van der Waals surface area contributed by atoms with E-state index in [2.05, 4.69) is 0 Å². The van der Waals surface area contributed by atoms with Crippen molar-refractivity contribution in [2.45, 2.75) is 26.1 Å². The molecule has 0 aliphatic heterocycles. The van der Waals surface area contributed by atoms with Crippen molar-refractivity contribution < 1.29 is 15.3 Å². The first-order valence-electron chi connectivity index (χ1n) is 4.21. The van der Waals surface area contributed by atoms with Crippen LogP contribution in [0.15, 0.2) is 18.2 Å². The monoisotopic (exact) mass is 182 g/mol. The van der Waals surface area contributed by atoms with E-state index in [1.807, 2.05) is 0 Å². The lowest BCUT2D eigenvalue weighted by molar-refractivity contribution is 0.189. The largest absolute Gasteiger partial charge is 0.508 e. The lowest BCUT2D eigenvalue weighted by Crippen LogP contribution is -1.96. The summed E-state index contributed by atoms with van der Waals surface area (Å²) in [5, 5.41) is 27.9. The molecule has 1 aromatic rings. The molecule has 0 heterocycles. The van der Waals surface area contributed by atoms with Gasteiger partial charge in [-0.1, -0.05) is 6.07 Å². The average molecular weight is 182 g/mol. The van der Waals surface area contributed by atoms with Gasteiger partial charge in [-0.25, -0.2) is 0 Å². The molecule has 0 aliphatic carbocycles. The Balaban J connectivity index is 3.11. The van der Waals surface area contributed by atoms with Crippen LogP contribution in [0.4, 0.5) is 0 Å². The second kappa shape index (κ2) is 3.77. The molecule has 0 spiro atoms. The fourth-order valence-electron chi connectivity index (χ4n) is 1.17. The number of aliphatic hydroxyl groups excluding tert-OH is 2. The van der Waals surface area contributed by atoms with Gasteiger partial charge in [0.1, 0.15) is 5.75 Å². The topological polar surface area (TPSA) is 60.7 Å². The van der Waals surface area contributed by atoms with Gasteiger partial charge >= 0.3 is 0 Å². The highest BCUT2D eigenvalue weighted by Crippen LogP contribution is 2.27. The van der Waals surface area contributed by atoms with Crippen LogP contribution in [-0.2, 0) is 0 Å². The summed E-state index contributed by atoms with van der Waals surface area (Å²) >= 11 is 0. The van der Waals surface area contributed by atoms with Gasteiger partial charge in [0.2, 0.25) is 0 Å². The molecular weight excluding hydrogens is 168 g/mol. The number of hydrogen-bond acceptors (Lipinski definition) is 3. The van der Waals surface area contributed by atoms with Gasteiger partial charge in [0.15, 0.2) is 0 Å². The number of benzene rings is 1. The van der Waals surface area contributed by atoms with Gasteiger partial charge in [-0.05, 0) is 31.5 Å². The average Bonchev–Trinajstić information content (AvgIpc) is 2.04. The van der Waals surface area contributed by atoms with Crippen LogP contribution in [0.2, 0.25) is 0 Å². The Morgan fingerprint density at radius 1 is 1.08 bits per heavy atom. The van der Waals surface area contributed by atoms with Crippen molar-refractivity contribution in [3.05, 3.63) is 29.3 Å². The highest BCUT2D eigenvalue weighted by molar-refractivity contribution is 5.38.